The van der Waals surface area contributed by atoms with Gasteiger partial charge in [0.15, 0.2) is 6.10 Å². The van der Waals surface area contributed by atoms with Gasteiger partial charge in [0.25, 0.3) is 0 Å². The van der Waals surface area contributed by atoms with E-state index in [4.69, 9.17) is 4.74 Å². The number of carbonyl (C=O) groups is 2. The van der Waals surface area contributed by atoms with Crippen LogP contribution in [0.4, 0.5) is 0 Å². The fourth-order valence-electron chi connectivity index (χ4n) is 6.06. The second-order valence-electron chi connectivity index (χ2n) is 10.2. The van der Waals surface area contributed by atoms with Gasteiger partial charge in [-0.25, -0.2) is 4.79 Å². The van der Waals surface area contributed by atoms with E-state index in [0.29, 0.717) is 18.5 Å². The highest BCUT2D eigenvalue weighted by Gasteiger charge is 2.49. The average Bonchev–Trinajstić information content (AvgIpc) is 3.40. The van der Waals surface area contributed by atoms with Gasteiger partial charge in [0, 0.05) is 24.8 Å². The SMILES string of the molecule is O=C(C[N+]12CCC(CC1)[C@@H](OC(=O)[C@H](NC1CCCCC1)c1ccccc1)C2)c1cccs1. The molecule has 3 aliphatic heterocycles. The molecule has 0 amide bonds. The zero-order chi connectivity index (χ0) is 22.7. The van der Waals surface area contributed by atoms with Crippen LogP contribution in [0.3, 0.4) is 0 Å². The molecule has 0 spiro atoms. The van der Waals surface area contributed by atoms with Crippen molar-refractivity contribution in [3.05, 3.63) is 58.3 Å². The minimum absolute atomic E-state index is 0.101. The van der Waals surface area contributed by atoms with Crippen molar-refractivity contribution in [2.45, 2.75) is 63.1 Å². The molecular weight excluding hydrogens is 432 g/mol. The summed E-state index contributed by atoms with van der Waals surface area (Å²) >= 11 is 1.52. The normalized spacial score (nSPS) is 28.4. The lowest BCUT2D eigenvalue weighted by Gasteiger charge is -2.51. The number of benzene rings is 1. The molecule has 2 atom stereocenters. The molecule has 1 aromatic heterocycles. The van der Waals surface area contributed by atoms with Crippen molar-refractivity contribution in [1.82, 2.24) is 5.32 Å². The number of piperidine rings is 3. The van der Waals surface area contributed by atoms with Crippen molar-refractivity contribution >= 4 is 23.1 Å². The molecule has 2 aromatic rings. The van der Waals surface area contributed by atoms with E-state index in [9.17, 15) is 9.59 Å². The summed E-state index contributed by atoms with van der Waals surface area (Å²) in [5.41, 5.74) is 0.978. The lowest BCUT2D eigenvalue weighted by Crippen LogP contribution is -2.65. The number of hydrogen-bond donors (Lipinski definition) is 1. The molecule has 1 N–H and O–H groups in total. The van der Waals surface area contributed by atoms with Crippen LogP contribution >= 0.6 is 11.3 Å². The molecule has 3 saturated heterocycles. The second kappa shape index (κ2) is 10.1. The zero-order valence-electron chi connectivity index (χ0n) is 19.3. The van der Waals surface area contributed by atoms with Crippen molar-refractivity contribution in [2.75, 3.05) is 26.2 Å². The minimum Gasteiger partial charge on any atom is -0.455 e. The van der Waals surface area contributed by atoms with Crippen LogP contribution in [0.2, 0.25) is 0 Å². The Morgan fingerprint density at radius 1 is 1.00 bits per heavy atom. The molecule has 176 valence electrons. The summed E-state index contributed by atoms with van der Waals surface area (Å²) in [7, 11) is 0. The Balaban J connectivity index is 1.28. The summed E-state index contributed by atoms with van der Waals surface area (Å²) in [6, 6.07) is 13.8. The summed E-state index contributed by atoms with van der Waals surface area (Å²) in [5.74, 6) is 0.474. The molecule has 5 nitrogen and oxygen atoms in total. The monoisotopic (exact) mass is 467 g/mol. The third-order valence-corrected chi connectivity index (χ3v) is 8.87. The van der Waals surface area contributed by atoms with Gasteiger partial charge in [0.2, 0.25) is 5.78 Å². The molecular formula is C27H35N2O3S+. The topological polar surface area (TPSA) is 55.4 Å². The van der Waals surface area contributed by atoms with Crippen LogP contribution in [0, 0.1) is 5.92 Å². The molecule has 2 bridgehead atoms. The molecule has 6 heteroatoms. The minimum atomic E-state index is -0.425. The van der Waals surface area contributed by atoms with Crippen molar-refractivity contribution in [3.8, 4) is 0 Å². The first kappa shape index (κ1) is 22.8. The van der Waals surface area contributed by atoms with Crippen LogP contribution in [-0.2, 0) is 9.53 Å². The number of hydrogen-bond acceptors (Lipinski definition) is 5. The van der Waals surface area contributed by atoms with Crippen LogP contribution in [-0.4, -0.2) is 54.6 Å². The third kappa shape index (κ3) is 5.23. The number of fused-ring (bicyclic) bond motifs is 3. The van der Waals surface area contributed by atoms with Gasteiger partial charge in [-0.3, -0.25) is 10.1 Å². The smallest absolute Gasteiger partial charge is 0.328 e. The van der Waals surface area contributed by atoms with Gasteiger partial charge in [-0.1, -0.05) is 55.7 Å². The standard InChI is InChI=1S/C27H35N2O3S/c30-23(25-12-7-17-33-25)18-29-15-13-20(14-16-29)24(19-29)32-27(31)26(21-8-3-1-4-9-21)28-22-10-5-2-6-11-22/h1,3-4,7-9,12,17,20,22,24,26,28H,2,5-6,10-11,13-16,18-19H2/q+1/t20?,24-,26+,29?/m0/s1. The molecule has 4 heterocycles. The third-order valence-electron chi connectivity index (χ3n) is 7.96. The molecule has 4 aliphatic rings. The number of rotatable bonds is 8. The maximum Gasteiger partial charge on any atom is 0.328 e. The lowest BCUT2D eigenvalue weighted by atomic mass is 9.83. The zero-order valence-corrected chi connectivity index (χ0v) is 20.1. The fraction of sp³-hybridized carbons (Fsp3) is 0.556. The summed E-state index contributed by atoms with van der Waals surface area (Å²) in [6.45, 7) is 3.30. The number of quaternary nitrogens is 1. The first-order valence-electron chi connectivity index (χ1n) is 12.6. The Hall–Kier alpha value is -2.02. The van der Waals surface area contributed by atoms with Gasteiger partial charge < -0.3 is 9.22 Å². The van der Waals surface area contributed by atoms with Crippen LogP contribution in [0.25, 0.3) is 0 Å². The number of esters is 1. The molecule has 4 fully saturated rings. The van der Waals surface area contributed by atoms with Crippen molar-refractivity contribution in [1.29, 1.82) is 0 Å². The number of nitrogens with zero attached hydrogens (tertiary/aromatic N) is 1. The fourth-order valence-corrected chi connectivity index (χ4v) is 6.72. The summed E-state index contributed by atoms with van der Waals surface area (Å²) < 4.78 is 7.02. The highest BCUT2D eigenvalue weighted by molar-refractivity contribution is 7.12. The van der Waals surface area contributed by atoms with Crippen molar-refractivity contribution in [3.63, 3.8) is 0 Å². The highest BCUT2D eigenvalue weighted by Crippen LogP contribution is 2.37. The van der Waals surface area contributed by atoms with E-state index in [1.807, 2.05) is 47.8 Å². The Kier molecular flexibility index (Phi) is 6.95. The first-order valence-corrected chi connectivity index (χ1v) is 13.4. The van der Waals surface area contributed by atoms with Gasteiger partial charge in [-0.15, -0.1) is 11.3 Å². The van der Waals surface area contributed by atoms with Gasteiger partial charge in [-0.2, -0.15) is 0 Å². The lowest BCUT2D eigenvalue weighted by molar-refractivity contribution is -0.938. The predicted molar refractivity (Wildman–Crippen MR) is 130 cm³/mol. The van der Waals surface area contributed by atoms with E-state index < -0.39 is 6.04 Å². The van der Waals surface area contributed by atoms with Crippen LogP contribution in [0.1, 0.15) is 66.2 Å². The Labute approximate surface area is 200 Å². The molecule has 33 heavy (non-hydrogen) atoms. The van der Waals surface area contributed by atoms with E-state index in [-0.39, 0.29) is 17.9 Å². The Bertz CT molecular complexity index is 932. The summed E-state index contributed by atoms with van der Waals surface area (Å²) in [5, 5.41) is 5.60. The maximum atomic E-state index is 13.5. The maximum absolute atomic E-state index is 13.5. The van der Waals surface area contributed by atoms with Gasteiger partial charge in [0.05, 0.1) is 18.0 Å². The van der Waals surface area contributed by atoms with Crippen LogP contribution < -0.4 is 5.32 Å². The molecule has 1 aliphatic carbocycles. The highest BCUT2D eigenvalue weighted by atomic mass is 32.1. The number of thiophene rings is 1. The summed E-state index contributed by atoms with van der Waals surface area (Å²) in [6.07, 6.45) is 7.92. The number of nitrogens with one attached hydrogen (secondary N) is 1. The molecule has 1 aromatic carbocycles. The Morgan fingerprint density at radius 2 is 1.76 bits per heavy atom. The van der Waals surface area contributed by atoms with E-state index in [1.165, 1.54) is 30.6 Å². The Morgan fingerprint density at radius 3 is 2.45 bits per heavy atom. The average molecular weight is 468 g/mol. The number of Topliss-reactive ketones (excluding diaryl/α,β-unsaturated/α-hetero) is 1. The summed E-state index contributed by atoms with van der Waals surface area (Å²) in [4.78, 5) is 27.2. The first-order chi connectivity index (χ1) is 16.1. The quantitative estimate of drug-likeness (QED) is 0.346. The van der Waals surface area contributed by atoms with Crippen LogP contribution in [0.15, 0.2) is 47.8 Å². The predicted octanol–water partition coefficient (Wildman–Crippen LogP) is 4.75. The van der Waals surface area contributed by atoms with Gasteiger partial charge in [-0.05, 0) is 29.9 Å². The van der Waals surface area contributed by atoms with E-state index in [0.717, 1.165) is 60.2 Å². The largest absolute Gasteiger partial charge is 0.455 e. The molecule has 6 rings (SSSR count). The van der Waals surface area contributed by atoms with Crippen LogP contribution in [0.5, 0.6) is 0 Å². The van der Waals surface area contributed by atoms with Crippen molar-refractivity contribution in [2.24, 2.45) is 5.92 Å². The van der Waals surface area contributed by atoms with Crippen molar-refractivity contribution < 1.29 is 18.8 Å². The molecule has 0 radical (unpaired) electrons. The van der Waals surface area contributed by atoms with Gasteiger partial charge >= 0.3 is 5.97 Å². The second-order valence-corrected chi connectivity index (χ2v) is 11.1. The van der Waals surface area contributed by atoms with E-state index >= 15 is 0 Å². The van der Waals surface area contributed by atoms with E-state index in [2.05, 4.69) is 5.32 Å². The number of ether oxygens (including phenoxy) is 1. The number of ketones is 1. The van der Waals surface area contributed by atoms with E-state index in [1.54, 1.807) is 0 Å². The van der Waals surface area contributed by atoms with Gasteiger partial charge in [0.1, 0.15) is 19.1 Å². The number of carbonyl (C=O) groups excluding carboxylic acids is 2. The molecule has 0 unspecified atom stereocenters. The molecule has 1 saturated carbocycles.